The number of nitrogens with one attached hydrogen (secondary N) is 1. The van der Waals surface area contributed by atoms with Gasteiger partial charge in [-0.3, -0.25) is 9.36 Å². The molecule has 7 nitrogen and oxygen atoms in total. The van der Waals surface area contributed by atoms with Crippen molar-refractivity contribution < 1.29 is 14.3 Å². The molecule has 1 saturated carbocycles. The lowest BCUT2D eigenvalue weighted by Gasteiger charge is -2.36. The van der Waals surface area contributed by atoms with Crippen LogP contribution in [-0.4, -0.2) is 33.9 Å². The van der Waals surface area contributed by atoms with Crippen LogP contribution in [0.15, 0.2) is 24.3 Å². The Bertz CT molecular complexity index is 827. The molecule has 0 saturated heterocycles. The van der Waals surface area contributed by atoms with Crippen LogP contribution in [0.25, 0.3) is 0 Å². The van der Waals surface area contributed by atoms with Crippen molar-refractivity contribution in [3.05, 3.63) is 41.5 Å². The Labute approximate surface area is 165 Å². The largest absolute Gasteiger partial charge is 0.494 e. The van der Waals surface area contributed by atoms with Gasteiger partial charge >= 0.3 is 0 Å². The molecule has 0 radical (unpaired) electrons. The number of hydrogen-bond acceptors (Lipinski definition) is 5. The number of nitrogens with zero attached hydrogens (tertiary/aromatic N) is 3. The fourth-order valence-electron chi connectivity index (χ4n) is 4.23. The fraction of sp³-hybridized carbons (Fsp3) is 0.571. The normalized spacial score (nSPS) is 22.1. The molecule has 4 rings (SSSR count). The van der Waals surface area contributed by atoms with Crippen LogP contribution < -0.4 is 10.1 Å². The number of rotatable bonds is 6. The highest BCUT2D eigenvalue weighted by atomic mass is 16.5. The van der Waals surface area contributed by atoms with Crippen LogP contribution in [-0.2, 0) is 28.2 Å². The fourth-order valence-corrected chi connectivity index (χ4v) is 4.23. The minimum Gasteiger partial charge on any atom is -0.494 e. The van der Waals surface area contributed by atoms with Crippen molar-refractivity contribution in [2.24, 2.45) is 0 Å². The standard InChI is InChI=1S/C21H28N4O3/c1-3-28-17-10-8-15(9-11-17)12-22-20(26)21(2)14-27-13-18-23-24-19(25(18)21)16-6-4-5-7-16/h8-11,16H,3-7,12-14H2,1-2H3,(H,22,26). The van der Waals surface area contributed by atoms with E-state index in [2.05, 4.69) is 15.5 Å². The van der Waals surface area contributed by atoms with Crippen molar-refractivity contribution in [2.45, 2.75) is 64.1 Å². The molecule has 1 amide bonds. The lowest BCUT2D eigenvalue weighted by atomic mass is 9.97. The Morgan fingerprint density at radius 1 is 1.29 bits per heavy atom. The van der Waals surface area contributed by atoms with Gasteiger partial charge in [-0.1, -0.05) is 25.0 Å². The molecule has 1 aromatic heterocycles. The molecule has 1 fully saturated rings. The third kappa shape index (κ3) is 3.51. The van der Waals surface area contributed by atoms with Gasteiger partial charge in [-0.15, -0.1) is 10.2 Å². The maximum Gasteiger partial charge on any atom is 0.248 e. The average molecular weight is 384 g/mol. The molecule has 150 valence electrons. The van der Waals surface area contributed by atoms with Crippen LogP contribution in [0.4, 0.5) is 0 Å². The van der Waals surface area contributed by atoms with Gasteiger partial charge in [0.2, 0.25) is 5.91 Å². The Hall–Kier alpha value is -2.41. The third-order valence-corrected chi connectivity index (χ3v) is 5.76. The SMILES string of the molecule is CCOc1ccc(CNC(=O)C2(C)COCc3nnc(C4CCCC4)n32)cc1. The molecule has 0 spiro atoms. The maximum absolute atomic E-state index is 13.2. The van der Waals surface area contributed by atoms with Gasteiger partial charge in [-0.2, -0.15) is 0 Å². The monoisotopic (exact) mass is 384 g/mol. The van der Waals surface area contributed by atoms with Gasteiger partial charge < -0.3 is 14.8 Å². The van der Waals surface area contributed by atoms with Crippen molar-refractivity contribution in [1.82, 2.24) is 20.1 Å². The van der Waals surface area contributed by atoms with Crippen molar-refractivity contribution in [2.75, 3.05) is 13.2 Å². The van der Waals surface area contributed by atoms with Crippen molar-refractivity contribution in [3.63, 3.8) is 0 Å². The van der Waals surface area contributed by atoms with E-state index in [-0.39, 0.29) is 5.91 Å². The molecular weight excluding hydrogens is 356 g/mol. The van der Waals surface area contributed by atoms with E-state index in [4.69, 9.17) is 9.47 Å². The Morgan fingerprint density at radius 2 is 2.04 bits per heavy atom. The summed E-state index contributed by atoms with van der Waals surface area (Å²) < 4.78 is 13.2. The highest BCUT2D eigenvalue weighted by Gasteiger charge is 2.43. The molecule has 2 heterocycles. The van der Waals surface area contributed by atoms with E-state index in [0.29, 0.717) is 32.3 Å². The van der Waals surface area contributed by atoms with Gasteiger partial charge in [-0.05, 0) is 44.4 Å². The molecule has 1 atom stereocenters. The summed E-state index contributed by atoms with van der Waals surface area (Å²) in [6, 6.07) is 7.79. The molecule has 2 aromatic rings. The zero-order valence-electron chi connectivity index (χ0n) is 16.6. The number of benzene rings is 1. The number of hydrogen-bond donors (Lipinski definition) is 1. The number of ether oxygens (including phenoxy) is 2. The topological polar surface area (TPSA) is 78.3 Å². The summed E-state index contributed by atoms with van der Waals surface area (Å²) in [6.45, 7) is 5.70. The van der Waals surface area contributed by atoms with Crippen molar-refractivity contribution in [3.8, 4) is 5.75 Å². The summed E-state index contributed by atoms with van der Waals surface area (Å²) in [6.07, 6.45) is 4.65. The summed E-state index contributed by atoms with van der Waals surface area (Å²) in [5, 5.41) is 11.8. The second kappa shape index (κ2) is 7.91. The zero-order chi connectivity index (χ0) is 19.6. The Balaban J connectivity index is 1.51. The molecule has 1 unspecified atom stereocenters. The second-order valence-corrected chi connectivity index (χ2v) is 7.82. The third-order valence-electron chi connectivity index (χ3n) is 5.76. The van der Waals surface area contributed by atoms with Gasteiger partial charge in [0, 0.05) is 12.5 Å². The molecule has 2 aliphatic rings. The van der Waals surface area contributed by atoms with Crippen LogP contribution in [0.5, 0.6) is 5.75 Å². The van der Waals surface area contributed by atoms with E-state index in [1.807, 2.05) is 42.7 Å². The van der Waals surface area contributed by atoms with E-state index >= 15 is 0 Å². The van der Waals surface area contributed by atoms with Gasteiger partial charge in [0.15, 0.2) is 5.82 Å². The average Bonchev–Trinajstić information content (AvgIpc) is 3.37. The molecule has 0 bridgehead atoms. The summed E-state index contributed by atoms with van der Waals surface area (Å²) in [5.74, 6) is 2.83. The first kappa shape index (κ1) is 18.9. The quantitative estimate of drug-likeness (QED) is 0.829. The predicted octanol–water partition coefficient (Wildman–Crippen LogP) is 2.90. The Morgan fingerprint density at radius 3 is 2.75 bits per heavy atom. The van der Waals surface area contributed by atoms with Gasteiger partial charge in [0.05, 0.1) is 13.2 Å². The Kier molecular flexibility index (Phi) is 5.35. The second-order valence-electron chi connectivity index (χ2n) is 7.82. The smallest absolute Gasteiger partial charge is 0.248 e. The predicted molar refractivity (Wildman–Crippen MR) is 104 cm³/mol. The highest BCUT2D eigenvalue weighted by molar-refractivity contribution is 5.84. The molecule has 1 aliphatic carbocycles. The first-order valence-electron chi connectivity index (χ1n) is 10.1. The van der Waals surface area contributed by atoms with E-state index in [0.717, 1.165) is 35.8 Å². The number of carbonyl (C=O) groups excluding carboxylic acids is 1. The molecular formula is C21H28N4O3. The number of fused-ring (bicyclic) bond motifs is 1. The van der Waals surface area contributed by atoms with Crippen LogP contribution in [0.1, 0.15) is 62.7 Å². The number of carbonyl (C=O) groups is 1. The van der Waals surface area contributed by atoms with E-state index in [1.54, 1.807) is 0 Å². The first-order chi connectivity index (χ1) is 13.6. The van der Waals surface area contributed by atoms with E-state index < -0.39 is 5.54 Å². The van der Waals surface area contributed by atoms with Crippen LogP contribution in [0, 0.1) is 0 Å². The molecule has 28 heavy (non-hydrogen) atoms. The van der Waals surface area contributed by atoms with Gasteiger partial charge in [-0.25, -0.2) is 0 Å². The van der Waals surface area contributed by atoms with E-state index in [1.165, 1.54) is 12.8 Å². The van der Waals surface area contributed by atoms with Crippen LogP contribution >= 0.6 is 0 Å². The number of amides is 1. The zero-order valence-corrected chi connectivity index (χ0v) is 16.6. The lowest BCUT2D eigenvalue weighted by molar-refractivity contribution is -0.135. The van der Waals surface area contributed by atoms with Crippen molar-refractivity contribution in [1.29, 1.82) is 0 Å². The maximum atomic E-state index is 13.2. The minimum atomic E-state index is -0.833. The minimum absolute atomic E-state index is 0.0682. The molecule has 1 N–H and O–H groups in total. The summed E-state index contributed by atoms with van der Waals surface area (Å²) in [5.41, 5.74) is 0.192. The van der Waals surface area contributed by atoms with Gasteiger partial charge in [0.25, 0.3) is 0 Å². The molecule has 7 heteroatoms. The summed E-state index contributed by atoms with van der Waals surface area (Å²) >= 11 is 0. The van der Waals surface area contributed by atoms with Crippen LogP contribution in [0.3, 0.4) is 0 Å². The number of aromatic nitrogens is 3. The highest BCUT2D eigenvalue weighted by Crippen LogP contribution is 2.37. The van der Waals surface area contributed by atoms with Crippen molar-refractivity contribution >= 4 is 5.91 Å². The summed E-state index contributed by atoms with van der Waals surface area (Å²) in [7, 11) is 0. The summed E-state index contributed by atoms with van der Waals surface area (Å²) in [4.78, 5) is 13.2. The first-order valence-corrected chi connectivity index (χ1v) is 10.1. The van der Waals surface area contributed by atoms with Gasteiger partial charge in [0.1, 0.15) is 23.7 Å². The van der Waals surface area contributed by atoms with Crippen LogP contribution in [0.2, 0.25) is 0 Å². The van der Waals surface area contributed by atoms with E-state index in [9.17, 15) is 4.79 Å². The molecule has 1 aliphatic heterocycles. The lowest BCUT2D eigenvalue weighted by Crippen LogP contribution is -2.53. The molecule has 1 aromatic carbocycles.